The van der Waals surface area contributed by atoms with Crippen molar-refractivity contribution in [3.05, 3.63) is 29.8 Å². The molecule has 0 saturated heterocycles. The summed E-state index contributed by atoms with van der Waals surface area (Å²) in [6, 6.07) is 8.69. The highest BCUT2D eigenvalue weighted by atomic mass is 15.2. The number of hydrogen-bond acceptors (Lipinski definition) is 2. The topological polar surface area (TPSA) is 15.3 Å². The second-order valence-corrected chi connectivity index (χ2v) is 3.23. The van der Waals surface area contributed by atoms with Crippen molar-refractivity contribution >= 4 is 5.69 Å². The summed E-state index contributed by atoms with van der Waals surface area (Å²) in [7, 11) is 4.04. The minimum atomic E-state index is 0.880. The Bertz CT molecular complexity index is 241. The summed E-state index contributed by atoms with van der Waals surface area (Å²) in [5.41, 5.74) is 2.65. The molecule has 13 heavy (non-hydrogen) atoms. The lowest BCUT2D eigenvalue weighted by molar-refractivity contribution is 0.776. The highest BCUT2D eigenvalue weighted by Crippen LogP contribution is 2.12. The number of nitrogens with one attached hydrogen (secondary N) is 1. The monoisotopic (exact) mass is 178 g/mol. The summed E-state index contributed by atoms with van der Waals surface area (Å²) in [5.74, 6) is 0. The summed E-state index contributed by atoms with van der Waals surface area (Å²) >= 11 is 0. The quantitative estimate of drug-likeness (QED) is 0.708. The van der Waals surface area contributed by atoms with Gasteiger partial charge in [0.25, 0.3) is 0 Å². The number of hydrogen-bond donors (Lipinski definition) is 1. The van der Waals surface area contributed by atoms with E-state index in [0.717, 1.165) is 13.1 Å². The van der Waals surface area contributed by atoms with Gasteiger partial charge in [-0.25, -0.2) is 0 Å². The number of anilines is 1. The molecule has 0 aliphatic carbocycles. The second-order valence-electron chi connectivity index (χ2n) is 3.23. The Labute approximate surface area is 80.6 Å². The smallest absolute Gasteiger partial charge is 0.0676 e. The Morgan fingerprint density at radius 1 is 1.23 bits per heavy atom. The van der Waals surface area contributed by atoms with Crippen LogP contribution in [0.1, 0.15) is 12.5 Å². The van der Waals surface area contributed by atoms with Crippen LogP contribution in [0, 0.1) is 0 Å². The Morgan fingerprint density at radius 2 is 1.85 bits per heavy atom. The average molecular weight is 178 g/mol. The standard InChI is InChI=1S/C11H18N2/c1-4-10-5-7-11(8-6-10)13(3)9-12-2/h5-8,12H,4,9H2,1-3H3. The number of rotatable bonds is 4. The van der Waals surface area contributed by atoms with Gasteiger partial charge >= 0.3 is 0 Å². The van der Waals surface area contributed by atoms with Gasteiger partial charge in [-0.1, -0.05) is 19.1 Å². The molecule has 1 aromatic carbocycles. The Hall–Kier alpha value is -1.02. The minimum Gasteiger partial charge on any atom is -0.362 e. The van der Waals surface area contributed by atoms with E-state index < -0.39 is 0 Å². The van der Waals surface area contributed by atoms with Crippen LogP contribution in [0.3, 0.4) is 0 Å². The number of benzene rings is 1. The molecule has 0 spiro atoms. The molecule has 1 N–H and O–H groups in total. The van der Waals surface area contributed by atoms with E-state index in [9.17, 15) is 0 Å². The van der Waals surface area contributed by atoms with Gasteiger partial charge in [0.05, 0.1) is 6.67 Å². The Kier molecular flexibility index (Phi) is 3.77. The molecule has 0 atom stereocenters. The molecule has 0 unspecified atom stereocenters. The molecule has 0 aliphatic heterocycles. The van der Waals surface area contributed by atoms with Gasteiger partial charge in [-0.2, -0.15) is 0 Å². The van der Waals surface area contributed by atoms with Crippen LogP contribution in [0.5, 0.6) is 0 Å². The highest BCUT2D eigenvalue weighted by Gasteiger charge is 1.97. The molecule has 72 valence electrons. The third kappa shape index (κ3) is 2.74. The molecular formula is C11H18N2. The first-order valence-corrected chi connectivity index (χ1v) is 4.72. The first-order valence-electron chi connectivity index (χ1n) is 4.72. The minimum absolute atomic E-state index is 0.880. The summed E-state index contributed by atoms with van der Waals surface area (Å²) in [5, 5.41) is 3.12. The van der Waals surface area contributed by atoms with Crippen molar-refractivity contribution in [3.8, 4) is 0 Å². The fourth-order valence-electron chi connectivity index (χ4n) is 1.31. The maximum Gasteiger partial charge on any atom is 0.0676 e. The molecule has 0 aliphatic rings. The highest BCUT2D eigenvalue weighted by molar-refractivity contribution is 5.46. The first-order chi connectivity index (χ1) is 6.27. The van der Waals surface area contributed by atoms with Gasteiger partial charge in [0.2, 0.25) is 0 Å². The van der Waals surface area contributed by atoms with Crippen molar-refractivity contribution in [1.82, 2.24) is 5.32 Å². The summed E-state index contributed by atoms with van der Waals surface area (Å²) < 4.78 is 0. The largest absolute Gasteiger partial charge is 0.362 e. The zero-order valence-electron chi connectivity index (χ0n) is 8.67. The lowest BCUT2D eigenvalue weighted by Crippen LogP contribution is -2.28. The van der Waals surface area contributed by atoms with Gasteiger partial charge in [-0.15, -0.1) is 0 Å². The van der Waals surface area contributed by atoms with Gasteiger partial charge < -0.3 is 10.2 Å². The SMILES string of the molecule is CCc1ccc(N(C)CNC)cc1. The van der Waals surface area contributed by atoms with E-state index in [1.54, 1.807) is 0 Å². The molecule has 2 nitrogen and oxygen atoms in total. The van der Waals surface area contributed by atoms with Crippen LogP contribution in [0.25, 0.3) is 0 Å². The average Bonchev–Trinajstić information content (AvgIpc) is 2.18. The summed E-state index contributed by atoms with van der Waals surface area (Å²) in [6.45, 7) is 3.05. The molecule has 0 saturated carbocycles. The van der Waals surface area contributed by atoms with Crippen molar-refractivity contribution in [3.63, 3.8) is 0 Å². The summed E-state index contributed by atoms with van der Waals surface area (Å²) in [4.78, 5) is 2.18. The number of aryl methyl sites for hydroxylation is 1. The maximum atomic E-state index is 3.12. The van der Waals surface area contributed by atoms with Gasteiger partial charge in [-0.05, 0) is 31.2 Å². The lowest BCUT2D eigenvalue weighted by atomic mass is 10.1. The zero-order chi connectivity index (χ0) is 9.68. The second kappa shape index (κ2) is 4.87. The first kappa shape index (κ1) is 10.1. The third-order valence-electron chi connectivity index (χ3n) is 2.18. The predicted molar refractivity (Wildman–Crippen MR) is 58.1 cm³/mol. The summed E-state index contributed by atoms with van der Waals surface area (Å²) in [6.07, 6.45) is 1.11. The zero-order valence-corrected chi connectivity index (χ0v) is 8.67. The van der Waals surface area contributed by atoms with E-state index in [0.29, 0.717) is 0 Å². The van der Waals surface area contributed by atoms with Crippen LogP contribution in [-0.4, -0.2) is 20.8 Å². The van der Waals surface area contributed by atoms with E-state index in [-0.39, 0.29) is 0 Å². The number of nitrogens with zero attached hydrogens (tertiary/aromatic N) is 1. The molecule has 0 amide bonds. The fourth-order valence-corrected chi connectivity index (χ4v) is 1.31. The van der Waals surface area contributed by atoms with Crippen LogP contribution in [-0.2, 0) is 6.42 Å². The molecule has 0 fully saturated rings. The van der Waals surface area contributed by atoms with Gasteiger partial charge in [0, 0.05) is 12.7 Å². The molecule has 2 heteroatoms. The molecule has 0 heterocycles. The van der Waals surface area contributed by atoms with Gasteiger partial charge in [0.15, 0.2) is 0 Å². The molecule has 1 rings (SSSR count). The van der Waals surface area contributed by atoms with Crippen LogP contribution >= 0.6 is 0 Å². The van der Waals surface area contributed by atoms with Crippen LogP contribution in [0.4, 0.5) is 5.69 Å². The van der Waals surface area contributed by atoms with E-state index in [4.69, 9.17) is 0 Å². The molecule has 0 radical (unpaired) electrons. The van der Waals surface area contributed by atoms with Crippen molar-refractivity contribution in [2.24, 2.45) is 0 Å². The van der Waals surface area contributed by atoms with Crippen molar-refractivity contribution in [1.29, 1.82) is 0 Å². The molecule has 0 bridgehead atoms. The molecular weight excluding hydrogens is 160 g/mol. The van der Waals surface area contributed by atoms with Crippen LogP contribution in [0.15, 0.2) is 24.3 Å². The van der Waals surface area contributed by atoms with E-state index in [1.807, 2.05) is 7.05 Å². The van der Waals surface area contributed by atoms with E-state index >= 15 is 0 Å². The van der Waals surface area contributed by atoms with Gasteiger partial charge in [-0.3, -0.25) is 0 Å². The van der Waals surface area contributed by atoms with Crippen molar-refractivity contribution < 1.29 is 0 Å². The van der Waals surface area contributed by atoms with Crippen LogP contribution < -0.4 is 10.2 Å². The third-order valence-corrected chi connectivity index (χ3v) is 2.18. The predicted octanol–water partition coefficient (Wildman–Crippen LogP) is 1.86. The Morgan fingerprint density at radius 3 is 2.31 bits per heavy atom. The molecule has 1 aromatic rings. The lowest BCUT2D eigenvalue weighted by Gasteiger charge is -2.18. The van der Waals surface area contributed by atoms with Crippen molar-refractivity contribution in [2.75, 3.05) is 25.7 Å². The van der Waals surface area contributed by atoms with E-state index in [2.05, 4.69) is 48.5 Å². The molecule has 0 aromatic heterocycles. The maximum absolute atomic E-state index is 3.12. The van der Waals surface area contributed by atoms with Crippen LogP contribution in [0.2, 0.25) is 0 Å². The van der Waals surface area contributed by atoms with E-state index in [1.165, 1.54) is 11.3 Å². The normalized spacial score (nSPS) is 10.1. The van der Waals surface area contributed by atoms with Gasteiger partial charge in [0.1, 0.15) is 0 Å². The Balaban J connectivity index is 2.67. The fraction of sp³-hybridized carbons (Fsp3) is 0.455. The van der Waals surface area contributed by atoms with Crippen molar-refractivity contribution in [2.45, 2.75) is 13.3 Å².